The van der Waals surface area contributed by atoms with Crippen LogP contribution >= 0.6 is 0 Å². The summed E-state index contributed by atoms with van der Waals surface area (Å²) in [5, 5.41) is 10.2. The number of carbonyl (C=O) groups is 2. The van der Waals surface area contributed by atoms with Crippen LogP contribution in [-0.4, -0.2) is 49.1 Å². The second kappa shape index (κ2) is 21.7. The minimum Gasteiger partial charge on any atom is -0.508 e. The number of alkyl halides is 6. The minimum absolute atomic E-state index is 0.0426. The van der Waals surface area contributed by atoms with Crippen LogP contribution in [0.15, 0.2) is 223 Å². The highest BCUT2D eigenvalue weighted by Gasteiger charge is 2.72. The van der Waals surface area contributed by atoms with E-state index < -0.39 is 50.2 Å². The van der Waals surface area contributed by atoms with E-state index in [0.29, 0.717) is 28.6 Å². The number of rotatable bonds is 17. The van der Waals surface area contributed by atoms with Crippen molar-refractivity contribution in [1.29, 1.82) is 0 Å². The van der Waals surface area contributed by atoms with E-state index >= 15 is 0 Å². The lowest BCUT2D eigenvalue weighted by Gasteiger charge is -2.38. The van der Waals surface area contributed by atoms with Gasteiger partial charge in [-0.3, -0.25) is 14.1 Å². The number of carbonyl (C=O) groups excluding carboxylic acids is 2. The van der Waals surface area contributed by atoms with Gasteiger partial charge < -0.3 is 24.1 Å². The Morgan fingerprint density at radius 1 is 0.405 bits per heavy atom. The molecule has 0 amide bonds. The zero-order valence-electron chi connectivity index (χ0n) is 41.6. The number of hydrogen-bond acceptors (Lipinski definition) is 9. The third kappa shape index (κ3) is 11.3. The first-order valence-corrected chi connectivity index (χ1v) is 25.4. The van der Waals surface area contributed by atoms with Gasteiger partial charge in [0.25, 0.3) is 10.1 Å². The van der Waals surface area contributed by atoms with Crippen molar-refractivity contribution in [1.82, 2.24) is 0 Å². The van der Waals surface area contributed by atoms with Gasteiger partial charge in [0.15, 0.2) is 11.6 Å². The Morgan fingerprint density at radius 2 is 0.696 bits per heavy atom. The number of methoxy groups -OCH3 is 1. The summed E-state index contributed by atoms with van der Waals surface area (Å²) in [6, 6.07) is 52.6. The van der Waals surface area contributed by atoms with Crippen molar-refractivity contribution in [3.63, 3.8) is 0 Å². The maximum atomic E-state index is 14.6. The van der Waals surface area contributed by atoms with Crippen LogP contribution in [0.2, 0.25) is 0 Å². The molecule has 0 aliphatic heterocycles. The first kappa shape index (κ1) is 54.6. The summed E-state index contributed by atoms with van der Waals surface area (Å²) < 4.78 is 143. The number of phenolic OH excluding ortho intramolecular Hbond substituents is 1. The lowest BCUT2D eigenvalue weighted by Crippen LogP contribution is -2.54. The molecule has 1 unspecified atom stereocenters. The predicted molar refractivity (Wildman–Crippen MR) is 282 cm³/mol. The molecule has 79 heavy (non-hydrogen) atoms. The summed E-state index contributed by atoms with van der Waals surface area (Å²) in [4.78, 5) is 26.2. The van der Waals surface area contributed by atoms with Crippen molar-refractivity contribution in [3.8, 4) is 46.0 Å². The van der Waals surface area contributed by atoms with Gasteiger partial charge in [0.05, 0.1) is 12.0 Å². The fourth-order valence-corrected chi connectivity index (χ4v) is 9.69. The largest absolute Gasteiger partial charge is 0.508 e. The van der Waals surface area contributed by atoms with E-state index in [1.54, 1.807) is 72.8 Å². The Labute approximate surface area is 449 Å². The van der Waals surface area contributed by atoms with E-state index in [0.717, 1.165) is 71.3 Å². The quantitative estimate of drug-likeness (QED) is 0.0391. The standard InChI is InChI=1S/C62H44F6O10S/c1-59(43-12-22-48(69)23-13-43,45-16-34-54(35-17-45)77-52-28-10-41(11-29-52)58(71)42-4-3-5-56(38-42)79(72,73)74)44-14-32-53(33-15-44)76-50-24-6-39(7-25-50)57(70)40-8-26-51(27-9-40)78-55-36-20-47(21-37-55)60(61(63,64)65,62(66,67)68)46-18-30-49(75-2)31-19-46/h3-38,69H,1-2H3,(H,72,73,74). The number of ether oxygens (including phenoxy) is 4. The molecule has 400 valence electrons. The Kier molecular flexibility index (Phi) is 15.0. The van der Waals surface area contributed by atoms with Gasteiger partial charge in [-0.15, -0.1) is 0 Å². The molecule has 9 rings (SSSR count). The first-order valence-electron chi connectivity index (χ1n) is 24.0. The summed E-state index contributed by atoms with van der Waals surface area (Å²) in [7, 11) is -3.25. The highest BCUT2D eigenvalue weighted by atomic mass is 32.2. The topological polar surface area (TPSA) is 146 Å². The van der Waals surface area contributed by atoms with E-state index in [9.17, 15) is 54.0 Å². The van der Waals surface area contributed by atoms with Crippen molar-refractivity contribution >= 4 is 21.7 Å². The van der Waals surface area contributed by atoms with Crippen LogP contribution in [0, 0.1) is 0 Å². The van der Waals surface area contributed by atoms with Gasteiger partial charge in [-0.1, -0.05) is 72.8 Å². The molecule has 0 aromatic heterocycles. The molecule has 0 aliphatic carbocycles. The van der Waals surface area contributed by atoms with Gasteiger partial charge in [0, 0.05) is 27.7 Å². The molecule has 9 aromatic rings. The van der Waals surface area contributed by atoms with Crippen molar-refractivity contribution in [2.45, 2.75) is 35.0 Å². The maximum absolute atomic E-state index is 14.6. The highest BCUT2D eigenvalue weighted by molar-refractivity contribution is 7.85. The van der Waals surface area contributed by atoms with E-state index in [-0.39, 0.29) is 50.4 Å². The van der Waals surface area contributed by atoms with E-state index in [1.165, 1.54) is 49.6 Å². The van der Waals surface area contributed by atoms with Crippen LogP contribution in [0.5, 0.6) is 46.0 Å². The van der Waals surface area contributed by atoms with Crippen LogP contribution in [0.4, 0.5) is 26.3 Å². The molecule has 0 saturated heterocycles. The average molecular weight is 1100 g/mol. The van der Waals surface area contributed by atoms with Crippen LogP contribution in [0.25, 0.3) is 0 Å². The molecule has 0 radical (unpaired) electrons. The molecule has 0 saturated carbocycles. The minimum atomic E-state index is -5.77. The zero-order chi connectivity index (χ0) is 56.3. The van der Waals surface area contributed by atoms with Gasteiger partial charge in [-0.05, 0) is 180 Å². The number of halogens is 6. The van der Waals surface area contributed by atoms with Crippen LogP contribution < -0.4 is 18.9 Å². The molecule has 9 aromatic carbocycles. The highest BCUT2D eigenvalue weighted by Crippen LogP contribution is 2.56. The Bertz CT molecular complexity index is 3730. The lowest BCUT2D eigenvalue weighted by atomic mass is 9.71. The Balaban J connectivity index is 0.845. The number of ketones is 2. The lowest BCUT2D eigenvalue weighted by molar-refractivity contribution is -0.288. The third-order valence-electron chi connectivity index (χ3n) is 13.4. The SMILES string of the molecule is COc1ccc(C(c2ccc(Oc3ccc(C(=O)c4ccc(Oc5ccc(C(C)(c6ccc(O)cc6)c6ccc(Oc7ccc(C(=O)c8cccc(S(=O)(=O)O)c8)cc7)cc6)cc5)cc4)cc3)cc2)(C(F)(F)F)C(F)(F)F)cc1. The van der Waals surface area contributed by atoms with Gasteiger partial charge in [-0.2, -0.15) is 34.8 Å². The fourth-order valence-electron chi connectivity index (χ4n) is 9.17. The summed E-state index contributed by atoms with van der Waals surface area (Å²) >= 11 is 0. The van der Waals surface area contributed by atoms with Crippen LogP contribution in [0.3, 0.4) is 0 Å². The molecule has 0 spiro atoms. The maximum Gasteiger partial charge on any atom is 0.411 e. The second-order valence-corrected chi connectivity index (χ2v) is 19.7. The molecular formula is C62H44F6O10S. The summed E-state index contributed by atoms with van der Waals surface area (Å²) in [5.74, 6) is 1.41. The number of hydrogen-bond donors (Lipinski definition) is 2. The monoisotopic (exact) mass is 1090 g/mol. The van der Waals surface area contributed by atoms with Crippen LogP contribution in [0.1, 0.15) is 66.6 Å². The van der Waals surface area contributed by atoms with Crippen molar-refractivity contribution in [3.05, 3.63) is 268 Å². The number of phenols is 1. The third-order valence-corrected chi connectivity index (χ3v) is 14.3. The van der Waals surface area contributed by atoms with Gasteiger partial charge in [0.2, 0.25) is 5.41 Å². The molecule has 2 N–H and O–H groups in total. The average Bonchev–Trinajstić information content (AvgIpc) is 3.64. The number of aromatic hydroxyl groups is 1. The first-order chi connectivity index (χ1) is 37.6. The second-order valence-electron chi connectivity index (χ2n) is 18.3. The zero-order valence-corrected chi connectivity index (χ0v) is 42.4. The van der Waals surface area contributed by atoms with Crippen molar-refractivity contribution in [2.75, 3.05) is 7.11 Å². The molecular weight excluding hydrogens is 1050 g/mol. The molecule has 1 atom stereocenters. The molecule has 17 heteroatoms. The van der Waals surface area contributed by atoms with E-state index in [2.05, 4.69) is 0 Å². The van der Waals surface area contributed by atoms with Crippen LogP contribution in [-0.2, 0) is 20.9 Å². The van der Waals surface area contributed by atoms with E-state index in [1.807, 2.05) is 55.5 Å². The molecule has 10 nitrogen and oxygen atoms in total. The fraction of sp³-hybridized carbons (Fsp3) is 0.0968. The number of benzene rings is 9. The van der Waals surface area contributed by atoms with E-state index in [4.69, 9.17) is 18.9 Å². The smallest absolute Gasteiger partial charge is 0.411 e. The predicted octanol–water partition coefficient (Wildman–Crippen LogP) is 15.3. The molecule has 0 fully saturated rings. The van der Waals surface area contributed by atoms with Gasteiger partial charge in [0.1, 0.15) is 46.0 Å². The summed E-state index contributed by atoms with van der Waals surface area (Å²) in [6.07, 6.45) is -11.5. The molecule has 0 aliphatic rings. The summed E-state index contributed by atoms with van der Waals surface area (Å²) in [5.41, 5.74) is -3.56. The summed E-state index contributed by atoms with van der Waals surface area (Å²) in [6.45, 7) is 2.04. The van der Waals surface area contributed by atoms with Crippen molar-refractivity contribution in [2.24, 2.45) is 0 Å². The molecule has 0 bridgehead atoms. The molecule has 0 heterocycles. The Hall–Kier alpha value is -9.19. The van der Waals surface area contributed by atoms with Gasteiger partial charge in [-0.25, -0.2) is 0 Å². The van der Waals surface area contributed by atoms with Crippen molar-refractivity contribution < 1.29 is 73.0 Å². The normalized spacial score (nSPS) is 12.7. The Morgan fingerprint density at radius 3 is 1.01 bits per heavy atom. The van der Waals surface area contributed by atoms with Gasteiger partial charge >= 0.3 is 12.4 Å².